The highest BCUT2D eigenvalue weighted by atomic mass is 16.2. The van der Waals surface area contributed by atoms with Gasteiger partial charge in [-0.05, 0) is 19.4 Å². The highest BCUT2D eigenvalue weighted by molar-refractivity contribution is 5.73. The molecule has 0 bridgehead atoms. The van der Waals surface area contributed by atoms with E-state index in [-0.39, 0.29) is 6.03 Å². The van der Waals surface area contributed by atoms with E-state index in [1.54, 1.807) is 4.90 Å². The largest absolute Gasteiger partial charge is 0.351 e. The van der Waals surface area contributed by atoms with E-state index in [0.717, 1.165) is 19.4 Å². The number of amides is 2. The Morgan fingerprint density at radius 1 is 1.70 bits per heavy atom. The number of hydrogen-bond acceptors (Lipinski definition) is 2. The van der Waals surface area contributed by atoms with Gasteiger partial charge in [0.15, 0.2) is 0 Å². The van der Waals surface area contributed by atoms with Crippen LogP contribution in [0.4, 0.5) is 4.79 Å². The third-order valence-electron chi connectivity index (χ3n) is 1.93. The molecule has 58 valence electrons. The molecule has 4 heteroatoms. The molecular weight excluding hydrogens is 130 g/mol. The van der Waals surface area contributed by atoms with Crippen molar-refractivity contribution in [2.45, 2.75) is 18.9 Å². The molecule has 1 unspecified atom stereocenters. The SMILES string of the molecule is NCCC1CCN1C(N)=O. The first kappa shape index (κ1) is 7.34. The van der Waals surface area contributed by atoms with Gasteiger partial charge in [-0.1, -0.05) is 0 Å². The molecule has 4 nitrogen and oxygen atoms in total. The molecule has 4 N–H and O–H groups in total. The minimum Gasteiger partial charge on any atom is -0.351 e. The molecule has 0 aliphatic carbocycles. The van der Waals surface area contributed by atoms with Crippen LogP contribution in [0.25, 0.3) is 0 Å². The Morgan fingerprint density at radius 2 is 2.40 bits per heavy atom. The molecular formula is C6H13N3O. The van der Waals surface area contributed by atoms with E-state index < -0.39 is 0 Å². The fourth-order valence-electron chi connectivity index (χ4n) is 1.22. The molecule has 1 aliphatic heterocycles. The lowest BCUT2D eigenvalue weighted by atomic mass is 10.0. The van der Waals surface area contributed by atoms with Crippen molar-refractivity contribution in [3.8, 4) is 0 Å². The van der Waals surface area contributed by atoms with Gasteiger partial charge in [0.25, 0.3) is 0 Å². The zero-order valence-corrected chi connectivity index (χ0v) is 5.92. The van der Waals surface area contributed by atoms with Gasteiger partial charge in [-0.15, -0.1) is 0 Å². The summed E-state index contributed by atoms with van der Waals surface area (Å²) in [5, 5.41) is 0. The van der Waals surface area contributed by atoms with Crippen LogP contribution in [0.1, 0.15) is 12.8 Å². The van der Waals surface area contributed by atoms with Crippen LogP contribution in [0.2, 0.25) is 0 Å². The molecule has 0 aromatic rings. The van der Waals surface area contributed by atoms with Crippen LogP contribution in [-0.2, 0) is 0 Å². The molecule has 0 aromatic carbocycles. The molecule has 1 saturated heterocycles. The predicted octanol–water partition coefficient (Wildman–Crippen LogP) is -0.512. The predicted molar refractivity (Wildman–Crippen MR) is 38.4 cm³/mol. The molecule has 2 amide bonds. The summed E-state index contributed by atoms with van der Waals surface area (Å²) in [6, 6.07) is 0.00667. The summed E-state index contributed by atoms with van der Waals surface area (Å²) in [6.07, 6.45) is 1.93. The maximum Gasteiger partial charge on any atom is 0.315 e. The molecule has 0 spiro atoms. The van der Waals surface area contributed by atoms with E-state index in [0.29, 0.717) is 12.6 Å². The topological polar surface area (TPSA) is 72.3 Å². The summed E-state index contributed by atoms with van der Waals surface area (Å²) < 4.78 is 0. The number of rotatable bonds is 2. The number of carbonyl (C=O) groups excluding carboxylic acids is 1. The van der Waals surface area contributed by atoms with Crippen LogP contribution >= 0.6 is 0 Å². The number of primary amides is 1. The fraction of sp³-hybridized carbons (Fsp3) is 0.833. The van der Waals surface area contributed by atoms with Crippen molar-refractivity contribution in [2.24, 2.45) is 11.5 Å². The van der Waals surface area contributed by atoms with Gasteiger partial charge in [-0.3, -0.25) is 0 Å². The van der Waals surface area contributed by atoms with Crippen LogP contribution in [0, 0.1) is 0 Å². The molecule has 0 aromatic heterocycles. The monoisotopic (exact) mass is 143 g/mol. The van der Waals surface area contributed by atoms with Crippen molar-refractivity contribution in [2.75, 3.05) is 13.1 Å². The second kappa shape index (κ2) is 2.88. The summed E-state index contributed by atoms with van der Waals surface area (Å²) in [7, 11) is 0. The van der Waals surface area contributed by atoms with E-state index in [4.69, 9.17) is 11.5 Å². The van der Waals surface area contributed by atoms with E-state index >= 15 is 0 Å². The molecule has 10 heavy (non-hydrogen) atoms. The Morgan fingerprint density at radius 3 is 2.70 bits per heavy atom. The average Bonchev–Trinajstić information content (AvgIpc) is 1.78. The lowest BCUT2D eigenvalue weighted by Crippen LogP contribution is -2.53. The lowest BCUT2D eigenvalue weighted by molar-refractivity contribution is 0.118. The van der Waals surface area contributed by atoms with Crippen molar-refractivity contribution < 1.29 is 4.79 Å². The van der Waals surface area contributed by atoms with Gasteiger partial charge in [0, 0.05) is 12.6 Å². The maximum absolute atomic E-state index is 10.6. The van der Waals surface area contributed by atoms with Crippen molar-refractivity contribution in [3.05, 3.63) is 0 Å². The third kappa shape index (κ3) is 1.21. The summed E-state index contributed by atoms with van der Waals surface area (Å²) in [6.45, 7) is 1.44. The number of carbonyl (C=O) groups is 1. The van der Waals surface area contributed by atoms with E-state index in [1.807, 2.05) is 0 Å². The van der Waals surface area contributed by atoms with Crippen molar-refractivity contribution in [1.82, 2.24) is 4.90 Å². The highest BCUT2D eigenvalue weighted by Crippen LogP contribution is 2.18. The Kier molecular flexibility index (Phi) is 2.11. The Hall–Kier alpha value is -0.770. The van der Waals surface area contributed by atoms with Crippen molar-refractivity contribution >= 4 is 6.03 Å². The van der Waals surface area contributed by atoms with Gasteiger partial charge in [0.2, 0.25) is 0 Å². The minimum absolute atomic E-state index is 0.315. The van der Waals surface area contributed by atoms with Crippen molar-refractivity contribution in [1.29, 1.82) is 0 Å². The zero-order chi connectivity index (χ0) is 7.56. The molecule has 1 atom stereocenters. The first-order chi connectivity index (χ1) is 4.75. The highest BCUT2D eigenvalue weighted by Gasteiger charge is 2.29. The minimum atomic E-state index is -0.315. The number of urea groups is 1. The second-order valence-corrected chi connectivity index (χ2v) is 2.55. The smallest absolute Gasteiger partial charge is 0.315 e. The molecule has 1 heterocycles. The molecule has 1 aliphatic rings. The first-order valence-corrected chi connectivity index (χ1v) is 3.52. The standard InChI is InChI=1S/C6H13N3O/c7-3-1-5-2-4-9(5)6(8)10/h5H,1-4,7H2,(H2,8,10). The Bertz CT molecular complexity index is 137. The average molecular weight is 143 g/mol. The molecule has 0 radical (unpaired) electrons. The van der Waals surface area contributed by atoms with Crippen molar-refractivity contribution in [3.63, 3.8) is 0 Å². The molecule has 0 saturated carbocycles. The molecule has 1 fully saturated rings. The van der Waals surface area contributed by atoms with Gasteiger partial charge in [0.1, 0.15) is 0 Å². The van der Waals surface area contributed by atoms with Crippen LogP contribution in [0.5, 0.6) is 0 Å². The lowest BCUT2D eigenvalue weighted by Gasteiger charge is -2.39. The maximum atomic E-state index is 10.6. The van der Waals surface area contributed by atoms with Gasteiger partial charge in [-0.2, -0.15) is 0 Å². The number of likely N-dealkylation sites (tertiary alicyclic amines) is 1. The van der Waals surface area contributed by atoms with Crippen LogP contribution in [0.15, 0.2) is 0 Å². The quantitative estimate of drug-likeness (QED) is 0.546. The summed E-state index contributed by atoms with van der Waals surface area (Å²) in [4.78, 5) is 12.2. The van der Waals surface area contributed by atoms with Gasteiger partial charge in [-0.25, -0.2) is 4.79 Å². The van der Waals surface area contributed by atoms with Crippen LogP contribution < -0.4 is 11.5 Å². The summed E-state index contributed by atoms with van der Waals surface area (Å²) in [5.74, 6) is 0. The second-order valence-electron chi connectivity index (χ2n) is 2.55. The number of hydrogen-bond donors (Lipinski definition) is 2. The summed E-state index contributed by atoms with van der Waals surface area (Å²) >= 11 is 0. The van der Waals surface area contributed by atoms with Crippen LogP contribution in [-0.4, -0.2) is 30.1 Å². The number of nitrogens with zero attached hydrogens (tertiary/aromatic N) is 1. The summed E-state index contributed by atoms with van der Waals surface area (Å²) in [5.41, 5.74) is 10.4. The molecule has 1 rings (SSSR count). The van der Waals surface area contributed by atoms with Gasteiger partial charge in [0.05, 0.1) is 0 Å². The van der Waals surface area contributed by atoms with E-state index in [2.05, 4.69) is 0 Å². The normalized spacial score (nSPS) is 24.1. The Labute approximate surface area is 60.2 Å². The van der Waals surface area contributed by atoms with Gasteiger partial charge < -0.3 is 16.4 Å². The fourth-order valence-corrected chi connectivity index (χ4v) is 1.22. The van der Waals surface area contributed by atoms with Crippen LogP contribution in [0.3, 0.4) is 0 Å². The van der Waals surface area contributed by atoms with Gasteiger partial charge >= 0.3 is 6.03 Å². The third-order valence-corrected chi connectivity index (χ3v) is 1.93. The zero-order valence-electron chi connectivity index (χ0n) is 5.92. The number of nitrogens with two attached hydrogens (primary N) is 2. The Balaban J connectivity index is 2.28. The first-order valence-electron chi connectivity index (χ1n) is 3.52. The van der Waals surface area contributed by atoms with E-state index in [1.165, 1.54) is 0 Å². The van der Waals surface area contributed by atoms with E-state index in [9.17, 15) is 4.79 Å².